The molecule has 0 saturated heterocycles. The standard InChI is InChI=1S/C14H25N3/c1-4-5-6-7-14(2,3)11-17-13-8-12(15)9-16-10-13/h8-10,17H,4-7,11,15H2,1-3H3. The molecule has 3 N–H and O–H groups in total. The molecule has 1 heterocycles. The van der Waals surface area contributed by atoms with Crippen molar-refractivity contribution in [2.45, 2.75) is 46.5 Å². The third-order valence-corrected chi connectivity index (χ3v) is 2.99. The maximum absolute atomic E-state index is 5.69. The maximum Gasteiger partial charge on any atom is 0.0547 e. The van der Waals surface area contributed by atoms with Gasteiger partial charge in [0, 0.05) is 12.7 Å². The third kappa shape index (κ3) is 5.57. The molecule has 3 heteroatoms. The minimum absolute atomic E-state index is 0.319. The minimum atomic E-state index is 0.319. The first-order valence-electron chi connectivity index (χ1n) is 6.48. The van der Waals surface area contributed by atoms with E-state index >= 15 is 0 Å². The highest BCUT2D eigenvalue weighted by Gasteiger charge is 2.16. The van der Waals surface area contributed by atoms with Crippen LogP contribution in [0, 0.1) is 5.41 Å². The summed E-state index contributed by atoms with van der Waals surface area (Å²) in [4.78, 5) is 4.07. The van der Waals surface area contributed by atoms with E-state index in [1.165, 1.54) is 25.7 Å². The van der Waals surface area contributed by atoms with Crippen molar-refractivity contribution in [3.05, 3.63) is 18.5 Å². The van der Waals surface area contributed by atoms with Gasteiger partial charge in [-0.1, -0.05) is 40.0 Å². The number of hydrogen-bond acceptors (Lipinski definition) is 3. The Morgan fingerprint density at radius 1 is 1.29 bits per heavy atom. The molecule has 1 aromatic heterocycles. The average molecular weight is 235 g/mol. The topological polar surface area (TPSA) is 50.9 Å². The lowest BCUT2D eigenvalue weighted by atomic mass is 9.87. The Balaban J connectivity index is 2.38. The predicted molar refractivity (Wildman–Crippen MR) is 75.1 cm³/mol. The number of rotatable bonds is 7. The van der Waals surface area contributed by atoms with Crippen LogP contribution in [0.5, 0.6) is 0 Å². The molecule has 0 unspecified atom stereocenters. The summed E-state index contributed by atoms with van der Waals surface area (Å²) in [5, 5.41) is 3.41. The van der Waals surface area contributed by atoms with Gasteiger partial charge < -0.3 is 11.1 Å². The van der Waals surface area contributed by atoms with Crippen LogP contribution in [0.4, 0.5) is 11.4 Å². The van der Waals surface area contributed by atoms with Gasteiger partial charge in [0.15, 0.2) is 0 Å². The van der Waals surface area contributed by atoms with Gasteiger partial charge in [-0.15, -0.1) is 0 Å². The van der Waals surface area contributed by atoms with Crippen molar-refractivity contribution >= 4 is 11.4 Å². The van der Waals surface area contributed by atoms with Crippen LogP contribution in [0.2, 0.25) is 0 Å². The summed E-state index contributed by atoms with van der Waals surface area (Å²) in [6.07, 6.45) is 8.64. The molecule has 0 fully saturated rings. The Morgan fingerprint density at radius 2 is 2.06 bits per heavy atom. The number of unbranched alkanes of at least 4 members (excludes halogenated alkanes) is 2. The van der Waals surface area contributed by atoms with E-state index in [4.69, 9.17) is 5.73 Å². The summed E-state index contributed by atoms with van der Waals surface area (Å²) in [6.45, 7) is 7.80. The van der Waals surface area contributed by atoms with Gasteiger partial charge in [0.1, 0.15) is 0 Å². The van der Waals surface area contributed by atoms with Crippen molar-refractivity contribution in [3.63, 3.8) is 0 Å². The highest BCUT2D eigenvalue weighted by molar-refractivity contribution is 5.51. The van der Waals surface area contributed by atoms with E-state index < -0.39 is 0 Å². The van der Waals surface area contributed by atoms with Gasteiger partial charge in [-0.25, -0.2) is 0 Å². The predicted octanol–water partition coefficient (Wildman–Crippen LogP) is 3.68. The van der Waals surface area contributed by atoms with E-state index in [1.807, 2.05) is 12.3 Å². The fourth-order valence-electron chi connectivity index (χ4n) is 1.84. The monoisotopic (exact) mass is 235 g/mol. The van der Waals surface area contributed by atoms with Crippen molar-refractivity contribution in [1.29, 1.82) is 0 Å². The number of hydrogen-bond donors (Lipinski definition) is 2. The number of nitrogens with zero attached hydrogens (tertiary/aromatic N) is 1. The molecule has 17 heavy (non-hydrogen) atoms. The molecule has 0 aliphatic carbocycles. The molecule has 3 nitrogen and oxygen atoms in total. The van der Waals surface area contributed by atoms with Crippen LogP contribution in [0.3, 0.4) is 0 Å². The van der Waals surface area contributed by atoms with Crippen molar-refractivity contribution in [2.75, 3.05) is 17.6 Å². The highest BCUT2D eigenvalue weighted by Crippen LogP contribution is 2.24. The number of aromatic nitrogens is 1. The van der Waals surface area contributed by atoms with Crippen molar-refractivity contribution in [3.8, 4) is 0 Å². The van der Waals surface area contributed by atoms with Gasteiger partial charge in [-0.05, 0) is 17.9 Å². The molecule has 0 saturated carbocycles. The molecule has 0 aliphatic rings. The molecule has 0 spiro atoms. The van der Waals surface area contributed by atoms with Crippen LogP contribution < -0.4 is 11.1 Å². The van der Waals surface area contributed by atoms with Crippen LogP contribution in [0.15, 0.2) is 18.5 Å². The Bertz CT molecular complexity index is 334. The first-order valence-corrected chi connectivity index (χ1v) is 6.48. The van der Waals surface area contributed by atoms with Crippen LogP contribution >= 0.6 is 0 Å². The Labute approximate surface area is 105 Å². The fourth-order valence-corrected chi connectivity index (χ4v) is 1.84. The molecule has 0 aliphatic heterocycles. The molecule has 96 valence electrons. The van der Waals surface area contributed by atoms with E-state index in [0.29, 0.717) is 11.1 Å². The van der Waals surface area contributed by atoms with Gasteiger partial charge in [-0.2, -0.15) is 0 Å². The van der Waals surface area contributed by atoms with Gasteiger partial charge in [-0.3, -0.25) is 4.98 Å². The molecule has 0 radical (unpaired) electrons. The van der Waals surface area contributed by atoms with Crippen LogP contribution in [0.25, 0.3) is 0 Å². The fraction of sp³-hybridized carbons (Fsp3) is 0.643. The summed E-state index contributed by atoms with van der Waals surface area (Å²) < 4.78 is 0. The minimum Gasteiger partial charge on any atom is -0.397 e. The second-order valence-electron chi connectivity index (χ2n) is 5.48. The molecule has 0 bridgehead atoms. The lowest BCUT2D eigenvalue weighted by molar-refractivity contribution is 0.342. The molecular formula is C14H25N3. The van der Waals surface area contributed by atoms with Crippen molar-refractivity contribution in [2.24, 2.45) is 5.41 Å². The summed E-state index contributed by atoms with van der Waals surface area (Å²) >= 11 is 0. The Morgan fingerprint density at radius 3 is 2.71 bits per heavy atom. The first-order chi connectivity index (χ1) is 8.03. The van der Waals surface area contributed by atoms with Gasteiger partial charge in [0.25, 0.3) is 0 Å². The molecule has 1 rings (SSSR count). The molecular weight excluding hydrogens is 210 g/mol. The number of anilines is 2. The zero-order valence-corrected chi connectivity index (χ0v) is 11.3. The molecule has 0 atom stereocenters. The Kier molecular flexibility index (Phi) is 5.26. The lowest BCUT2D eigenvalue weighted by Crippen LogP contribution is -2.23. The number of nitrogen functional groups attached to an aromatic ring is 1. The van der Waals surface area contributed by atoms with Crippen molar-refractivity contribution in [1.82, 2.24) is 4.98 Å². The summed E-state index contributed by atoms with van der Waals surface area (Å²) in [6, 6.07) is 1.93. The van der Waals surface area contributed by atoms with Crippen LogP contribution in [-0.2, 0) is 0 Å². The Hall–Kier alpha value is -1.25. The van der Waals surface area contributed by atoms with Gasteiger partial charge in [0.05, 0.1) is 17.6 Å². The van der Waals surface area contributed by atoms with Crippen LogP contribution in [0.1, 0.15) is 46.5 Å². The maximum atomic E-state index is 5.69. The number of nitrogens with two attached hydrogens (primary N) is 1. The van der Waals surface area contributed by atoms with E-state index in [1.54, 1.807) is 6.20 Å². The van der Waals surface area contributed by atoms with E-state index in [0.717, 1.165) is 12.2 Å². The highest BCUT2D eigenvalue weighted by atomic mass is 14.9. The third-order valence-electron chi connectivity index (χ3n) is 2.99. The number of pyridine rings is 1. The quantitative estimate of drug-likeness (QED) is 0.709. The summed E-state index contributed by atoms with van der Waals surface area (Å²) in [5.74, 6) is 0. The van der Waals surface area contributed by atoms with E-state index in [-0.39, 0.29) is 0 Å². The smallest absolute Gasteiger partial charge is 0.0547 e. The zero-order valence-electron chi connectivity index (χ0n) is 11.3. The summed E-state index contributed by atoms with van der Waals surface area (Å²) in [7, 11) is 0. The SMILES string of the molecule is CCCCCC(C)(C)CNc1cncc(N)c1. The normalized spacial score (nSPS) is 11.5. The van der Waals surface area contributed by atoms with E-state index in [9.17, 15) is 0 Å². The van der Waals surface area contributed by atoms with Gasteiger partial charge >= 0.3 is 0 Å². The molecule has 0 aromatic carbocycles. The zero-order chi connectivity index (χ0) is 12.7. The second kappa shape index (κ2) is 6.48. The van der Waals surface area contributed by atoms with Crippen molar-refractivity contribution < 1.29 is 0 Å². The van der Waals surface area contributed by atoms with Crippen LogP contribution in [-0.4, -0.2) is 11.5 Å². The largest absolute Gasteiger partial charge is 0.397 e. The van der Waals surface area contributed by atoms with Gasteiger partial charge in [0.2, 0.25) is 0 Å². The second-order valence-corrected chi connectivity index (χ2v) is 5.48. The van der Waals surface area contributed by atoms with E-state index in [2.05, 4.69) is 31.1 Å². The molecule has 0 amide bonds. The summed E-state index contributed by atoms with van der Waals surface area (Å²) in [5.41, 5.74) is 7.73. The lowest BCUT2D eigenvalue weighted by Gasteiger charge is -2.25. The molecule has 1 aromatic rings. The number of nitrogens with one attached hydrogen (secondary N) is 1. The average Bonchev–Trinajstić information content (AvgIpc) is 2.27. The first kappa shape index (κ1) is 13.8.